The number of fused-ring (bicyclic) bond motifs is 1. The Hall–Kier alpha value is -3.73. The number of rotatable bonds is 5. The third-order valence-corrected chi connectivity index (χ3v) is 5.88. The van der Waals surface area contributed by atoms with Gasteiger partial charge >= 0.3 is 6.18 Å². The van der Waals surface area contributed by atoms with E-state index >= 15 is 0 Å². The van der Waals surface area contributed by atoms with E-state index in [4.69, 9.17) is 0 Å². The van der Waals surface area contributed by atoms with Crippen LogP contribution >= 0.6 is 0 Å². The van der Waals surface area contributed by atoms with Crippen molar-refractivity contribution in [2.24, 2.45) is 0 Å². The van der Waals surface area contributed by atoms with E-state index in [0.717, 1.165) is 12.1 Å². The first-order valence-corrected chi connectivity index (χ1v) is 10.8. The van der Waals surface area contributed by atoms with E-state index in [9.17, 15) is 21.6 Å². The topological polar surface area (TPSA) is 96.9 Å². The molecule has 0 amide bonds. The van der Waals surface area contributed by atoms with Gasteiger partial charge in [-0.15, -0.1) is 0 Å². The number of alkyl halides is 3. The summed E-state index contributed by atoms with van der Waals surface area (Å²) in [6.45, 7) is 1.71. The van der Waals surface area contributed by atoms with Gasteiger partial charge in [0.1, 0.15) is 0 Å². The van der Waals surface area contributed by atoms with Crippen LogP contribution in [0.2, 0.25) is 0 Å². The highest BCUT2D eigenvalue weighted by atomic mass is 32.2. The molecule has 0 saturated carbocycles. The molecule has 2 aromatic carbocycles. The average Bonchev–Trinajstić information content (AvgIpc) is 2.73. The molecule has 0 spiro atoms. The fourth-order valence-corrected chi connectivity index (χ4v) is 3.93. The van der Waals surface area contributed by atoms with E-state index in [1.165, 1.54) is 30.6 Å². The van der Waals surface area contributed by atoms with Crippen molar-refractivity contribution >= 4 is 38.2 Å². The average molecular weight is 459 g/mol. The van der Waals surface area contributed by atoms with Crippen molar-refractivity contribution in [3.63, 3.8) is 0 Å². The second-order valence-corrected chi connectivity index (χ2v) is 8.55. The van der Waals surface area contributed by atoms with Crippen molar-refractivity contribution in [1.29, 1.82) is 0 Å². The van der Waals surface area contributed by atoms with Gasteiger partial charge in [0.05, 0.1) is 16.0 Å². The second-order valence-electron chi connectivity index (χ2n) is 6.86. The highest BCUT2D eigenvalue weighted by molar-refractivity contribution is 7.92. The van der Waals surface area contributed by atoms with Gasteiger partial charge in [0, 0.05) is 34.8 Å². The maximum Gasteiger partial charge on any atom is 0.416 e. The highest BCUT2D eigenvalue weighted by Gasteiger charge is 2.30. The molecule has 7 nitrogen and oxygen atoms in total. The van der Waals surface area contributed by atoms with Crippen LogP contribution in [0.3, 0.4) is 0 Å². The lowest BCUT2D eigenvalue weighted by atomic mass is 10.1. The Labute approximate surface area is 181 Å². The molecule has 0 atom stereocenters. The predicted octanol–water partition coefficient (Wildman–Crippen LogP) is 4.90. The summed E-state index contributed by atoms with van der Waals surface area (Å²) in [6.07, 6.45) is -1.61. The molecular weight excluding hydrogens is 443 g/mol. The molecule has 32 heavy (non-hydrogen) atoms. The minimum absolute atomic E-state index is 0.00237. The van der Waals surface area contributed by atoms with Crippen molar-refractivity contribution in [2.45, 2.75) is 18.0 Å². The number of sulfonamides is 1. The van der Waals surface area contributed by atoms with Crippen molar-refractivity contribution in [1.82, 2.24) is 15.0 Å². The summed E-state index contributed by atoms with van der Waals surface area (Å²) in [4.78, 5) is 11.9. The van der Waals surface area contributed by atoms with E-state index in [0.29, 0.717) is 22.5 Å². The maximum atomic E-state index is 12.9. The Balaban J connectivity index is 1.57. The van der Waals surface area contributed by atoms with Crippen molar-refractivity contribution in [3.05, 3.63) is 78.2 Å². The lowest BCUT2D eigenvalue weighted by Crippen LogP contribution is -2.15. The minimum atomic E-state index is -4.46. The van der Waals surface area contributed by atoms with Gasteiger partial charge in [0.2, 0.25) is 5.95 Å². The summed E-state index contributed by atoms with van der Waals surface area (Å²) in [7, 11) is -3.89. The molecule has 2 N–H and O–H groups in total. The number of hydrogen-bond acceptors (Lipinski definition) is 6. The first-order chi connectivity index (χ1) is 15.1. The number of anilines is 3. The van der Waals surface area contributed by atoms with E-state index in [2.05, 4.69) is 25.0 Å². The van der Waals surface area contributed by atoms with Gasteiger partial charge in [-0.2, -0.15) is 13.2 Å². The number of hydrogen-bond donors (Lipinski definition) is 2. The Morgan fingerprint density at radius 2 is 1.62 bits per heavy atom. The fraction of sp³-hybridized carbons (Fsp3) is 0.0952. The molecule has 2 heterocycles. The zero-order valence-corrected chi connectivity index (χ0v) is 17.4. The van der Waals surface area contributed by atoms with Gasteiger partial charge in [-0.05, 0) is 55.5 Å². The Morgan fingerprint density at radius 1 is 0.906 bits per heavy atom. The quantitative estimate of drug-likeness (QED) is 0.441. The molecule has 164 valence electrons. The summed E-state index contributed by atoms with van der Waals surface area (Å²) < 4.78 is 66.3. The van der Waals surface area contributed by atoms with Gasteiger partial charge in [0.15, 0.2) is 0 Å². The maximum absolute atomic E-state index is 12.9. The normalized spacial score (nSPS) is 12.0. The molecule has 2 aromatic heterocycles. The molecule has 4 rings (SSSR count). The smallest absolute Gasteiger partial charge is 0.355 e. The summed E-state index contributed by atoms with van der Waals surface area (Å²) in [6, 6.07) is 12.5. The Kier molecular flexibility index (Phi) is 5.43. The molecule has 0 bridgehead atoms. The van der Waals surface area contributed by atoms with Crippen LogP contribution in [-0.4, -0.2) is 23.4 Å². The third kappa shape index (κ3) is 4.62. The monoisotopic (exact) mass is 459 g/mol. The first kappa shape index (κ1) is 21.5. The van der Waals surface area contributed by atoms with Gasteiger partial charge < -0.3 is 5.32 Å². The molecule has 11 heteroatoms. The van der Waals surface area contributed by atoms with Crippen LogP contribution < -0.4 is 10.0 Å². The van der Waals surface area contributed by atoms with Crippen molar-refractivity contribution in [2.75, 3.05) is 10.0 Å². The third-order valence-electron chi connectivity index (χ3n) is 4.53. The van der Waals surface area contributed by atoms with E-state index in [1.54, 1.807) is 31.2 Å². The summed E-state index contributed by atoms with van der Waals surface area (Å²) in [5.74, 6) is -0.0336. The van der Waals surface area contributed by atoms with E-state index in [1.807, 2.05) is 0 Å². The molecule has 0 aliphatic heterocycles. The number of aryl methyl sites for hydroxylation is 1. The summed E-state index contributed by atoms with van der Waals surface area (Å²) >= 11 is 0. The lowest BCUT2D eigenvalue weighted by Gasteiger charge is -2.12. The van der Waals surface area contributed by atoms with Crippen LogP contribution in [0.15, 0.2) is 71.9 Å². The number of pyridine rings is 1. The highest BCUT2D eigenvalue weighted by Crippen LogP contribution is 2.33. The number of aromatic nitrogens is 3. The van der Waals surface area contributed by atoms with Crippen LogP contribution in [0.1, 0.15) is 11.3 Å². The zero-order chi connectivity index (χ0) is 22.9. The molecule has 0 radical (unpaired) electrons. The number of benzene rings is 2. The van der Waals surface area contributed by atoms with Crippen LogP contribution in [0.5, 0.6) is 0 Å². The number of nitrogens with zero attached hydrogens (tertiary/aromatic N) is 3. The van der Waals surface area contributed by atoms with E-state index in [-0.39, 0.29) is 16.4 Å². The molecule has 0 aliphatic carbocycles. The number of nitrogens with one attached hydrogen (secondary N) is 2. The molecule has 0 fully saturated rings. The van der Waals surface area contributed by atoms with Crippen molar-refractivity contribution < 1.29 is 21.6 Å². The van der Waals surface area contributed by atoms with Crippen molar-refractivity contribution in [3.8, 4) is 0 Å². The van der Waals surface area contributed by atoms with Gasteiger partial charge in [0.25, 0.3) is 10.0 Å². The number of halogens is 3. The van der Waals surface area contributed by atoms with Gasteiger partial charge in [-0.3, -0.25) is 4.98 Å². The Bertz CT molecular complexity index is 1390. The minimum Gasteiger partial charge on any atom is -0.355 e. The van der Waals surface area contributed by atoms with Crippen LogP contribution in [-0.2, 0) is 16.2 Å². The Morgan fingerprint density at radius 3 is 2.31 bits per heavy atom. The van der Waals surface area contributed by atoms with Crippen LogP contribution in [0, 0.1) is 6.92 Å². The van der Waals surface area contributed by atoms with Gasteiger partial charge in [-0.25, -0.2) is 23.1 Å². The predicted molar refractivity (Wildman–Crippen MR) is 114 cm³/mol. The van der Waals surface area contributed by atoms with Gasteiger partial charge in [-0.1, -0.05) is 6.07 Å². The van der Waals surface area contributed by atoms with E-state index < -0.39 is 21.8 Å². The van der Waals surface area contributed by atoms with Crippen LogP contribution in [0.25, 0.3) is 10.9 Å². The molecule has 0 aliphatic rings. The molecule has 0 saturated heterocycles. The summed E-state index contributed by atoms with van der Waals surface area (Å²) in [5, 5.41) is 3.58. The zero-order valence-electron chi connectivity index (χ0n) is 16.6. The summed E-state index contributed by atoms with van der Waals surface area (Å²) in [5.41, 5.74) is 1.10. The van der Waals surface area contributed by atoms with Crippen LogP contribution in [0.4, 0.5) is 30.5 Å². The molecular formula is C21H16F3N5O2S. The standard InChI is InChI=1S/C21H16F3N5O2S/c1-13-8-10-26-20(27-13)29-32(30,31)16-5-3-15(4-6-16)28-18-9-11-25-19-12-14(21(22,23)24)2-7-17(18)19/h2-12H,1H3,(H,25,28)(H,26,27,29). The molecule has 4 aromatic rings. The largest absolute Gasteiger partial charge is 0.416 e. The SMILES string of the molecule is Cc1ccnc(NS(=O)(=O)c2ccc(Nc3ccnc4cc(C(F)(F)F)ccc34)cc2)n1. The fourth-order valence-electron chi connectivity index (χ4n) is 2.98. The molecule has 0 unspecified atom stereocenters. The lowest BCUT2D eigenvalue weighted by molar-refractivity contribution is -0.137. The second kappa shape index (κ2) is 8.08. The first-order valence-electron chi connectivity index (χ1n) is 9.27.